The van der Waals surface area contributed by atoms with Crippen LogP contribution in [0.1, 0.15) is 46.7 Å². The van der Waals surface area contributed by atoms with Crippen molar-refractivity contribution in [2.75, 3.05) is 24.5 Å². The second kappa shape index (κ2) is 7.26. The fourth-order valence-corrected chi connectivity index (χ4v) is 4.28. The number of halogens is 4. The number of hydrogen-bond acceptors (Lipinski definition) is 4. The Morgan fingerprint density at radius 3 is 2.60 bits per heavy atom. The van der Waals surface area contributed by atoms with Crippen molar-refractivity contribution in [1.29, 1.82) is 0 Å². The second-order valence-electron chi connectivity index (χ2n) is 7.99. The molecule has 3 heterocycles. The van der Waals surface area contributed by atoms with Gasteiger partial charge in [-0.05, 0) is 49.3 Å². The maximum Gasteiger partial charge on any atom is 0.401 e. The smallest absolute Gasteiger partial charge is 0.401 e. The minimum absolute atomic E-state index is 0.107. The van der Waals surface area contributed by atoms with E-state index in [0.29, 0.717) is 29.6 Å². The lowest BCUT2D eigenvalue weighted by molar-refractivity contribution is -0.125. The van der Waals surface area contributed by atoms with Gasteiger partial charge in [0, 0.05) is 19.1 Å². The van der Waals surface area contributed by atoms with Gasteiger partial charge in [-0.15, -0.1) is 0 Å². The molecule has 10 heteroatoms. The highest BCUT2D eigenvalue weighted by molar-refractivity contribution is 5.89. The molecule has 2 fully saturated rings. The zero-order chi connectivity index (χ0) is 21.8. The van der Waals surface area contributed by atoms with Crippen LogP contribution in [0.4, 0.5) is 23.2 Å². The Morgan fingerprint density at radius 1 is 1.30 bits per heavy atom. The Hall–Kier alpha value is -2.62. The highest BCUT2D eigenvalue weighted by Crippen LogP contribution is 2.44. The van der Waals surface area contributed by atoms with Crippen molar-refractivity contribution < 1.29 is 27.5 Å². The fourth-order valence-electron chi connectivity index (χ4n) is 4.28. The molecule has 4 rings (SSSR count). The van der Waals surface area contributed by atoms with E-state index >= 15 is 4.39 Å². The first-order chi connectivity index (χ1) is 14.1. The van der Waals surface area contributed by atoms with E-state index in [1.54, 1.807) is 11.8 Å². The molecule has 1 saturated carbocycles. The summed E-state index contributed by atoms with van der Waals surface area (Å²) in [5.41, 5.74) is 0.700. The maximum absolute atomic E-state index is 15.0. The Balaban J connectivity index is 1.76. The average molecular weight is 427 g/mol. The number of fused-ring (bicyclic) bond motifs is 1. The summed E-state index contributed by atoms with van der Waals surface area (Å²) in [7, 11) is 0. The summed E-state index contributed by atoms with van der Waals surface area (Å²) in [6, 6.07) is 0.949. The molecule has 2 N–H and O–H groups in total. The van der Waals surface area contributed by atoms with Crippen LogP contribution in [0.15, 0.2) is 17.1 Å². The Labute approximate surface area is 169 Å². The molecule has 30 heavy (non-hydrogen) atoms. The number of nitrogens with one attached hydrogen (secondary N) is 1. The molecule has 1 aliphatic carbocycles. The first-order valence-corrected chi connectivity index (χ1v) is 9.73. The van der Waals surface area contributed by atoms with E-state index in [4.69, 9.17) is 0 Å². The van der Waals surface area contributed by atoms with Crippen LogP contribution >= 0.6 is 0 Å². The summed E-state index contributed by atoms with van der Waals surface area (Å²) in [6.45, 7) is 1.14. The molecular formula is C20H21F4N3O3. The third-order valence-corrected chi connectivity index (χ3v) is 5.79. The summed E-state index contributed by atoms with van der Waals surface area (Å²) in [4.78, 5) is 25.8. The summed E-state index contributed by atoms with van der Waals surface area (Å²) >= 11 is 0. The van der Waals surface area contributed by atoms with Crippen LogP contribution in [-0.4, -0.2) is 47.3 Å². The fraction of sp³-hybridized carbons (Fsp3) is 0.500. The zero-order valence-electron chi connectivity index (χ0n) is 16.2. The van der Waals surface area contributed by atoms with Crippen LogP contribution in [-0.2, 0) is 0 Å². The van der Waals surface area contributed by atoms with E-state index in [1.807, 2.05) is 0 Å². The van der Waals surface area contributed by atoms with Crippen molar-refractivity contribution in [2.45, 2.75) is 44.3 Å². The zero-order valence-corrected chi connectivity index (χ0v) is 16.2. The summed E-state index contributed by atoms with van der Waals surface area (Å²) < 4.78 is 53.5. The van der Waals surface area contributed by atoms with Gasteiger partial charge in [0.05, 0.1) is 23.9 Å². The highest BCUT2D eigenvalue weighted by atomic mass is 19.4. The molecule has 1 saturated heterocycles. The van der Waals surface area contributed by atoms with Crippen molar-refractivity contribution in [3.63, 3.8) is 0 Å². The number of anilines is 1. The van der Waals surface area contributed by atoms with Gasteiger partial charge < -0.3 is 15.3 Å². The topological polar surface area (TPSA) is 74.0 Å². The summed E-state index contributed by atoms with van der Waals surface area (Å²) in [5, 5.41) is 11.8. The number of rotatable bonds is 5. The number of aromatic nitrogens is 1. The quantitative estimate of drug-likeness (QED) is 0.718. The summed E-state index contributed by atoms with van der Waals surface area (Å²) in [6.07, 6.45) is -1.19. The van der Waals surface area contributed by atoms with Crippen LogP contribution in [0.2, 0.25) is 0 Å². The number of hydrogen-bond donors (Lipinski definition) is 2. The standard InChI is InChI=1S/C20H21F4N3O3/c1-10-16-13(11-2-3-11)6-14(19(29)30)18(28)27(16)8-15(21)17(10)26-5-4-12(7-26)25-9-20(22,23)24/h6,8,11-12,25H,2-5,7,9H2,1H3,(H,29,30)/t12-/m0/s1. The third kappa shape index (κ3) is 3.76. The molecule has 0 amide bonds. The number of nitrogens with zero attached hydrogens (tertiary/aromatic N) is 2. The number of carboxylic acids is 1. The van der Waals surface area contributed by atoms with Crippen LogP contribution in [0.25, 0.3) is 5.52 Å². The van der Waals surface area contributed by atoms with Gasteiger partial charge in [-0.1, -0.05) is 0 Å². The molecule has 2 aliphatic rings. The van der Waals surface area contributed by atoms with Crippen LogP contribution < -0.4 is 15.8 Å². The lowest BCUT2D eigenvalue weighted by Crippen LogP contribution is -2.39. The molecule has 162 valence electrons. The monoisotopic (exact) mass is 427 g/mol. The van der Waals surface area contributed by atoms with Crippen molar-refractivity contribution in [3.05, 3.63) is 45.1 Å². The molecule has 2 aromatic rings. The highest BCUT2D eigenvalue weighted by Gasteiger charge is 2.34. The second-order valence-corrected chi connectivity index (χ2v) is 7.99. The van der Waals surface area contributed by atoms with Gasteiger partial charge >= 0.3 is 12.1 Å². The van der Waals surface area contributed by atoms with Gasteiger partial charge in [-0.25, -0.2) is 9.18 Å². The Kier molecular flexibility index (Phi) is 5.00. The van der Waals surface area contributed by atoms with Crippen LogP contribution in [0, 0.1) is 12.7 Å². The van der Waals surface area contributed by atoms with Crippen LogP contribution in [0.5, 0.6) is 0 Å². The average Bonchev–Trinajstić information content (AvgIpc) is 3.39. The molecule has 0 aromatic carbocycles. The molecule has 0 radical (unpaired) electrons. The minimum atomic E-state index is -4.32. The number of aryl methyl sites for hydroxylation is 1. The molecule has 0 spiro atoms. The van der Waals surface area contributed by atoms with E-state index in [1.165, 1.54) is 6.07 Å². The molecule has 6 nitrogen and oxygen atoms in total. The molecule has 0 unspecified atom stereocenters. The molecule has 1 atom stereocenters. The first kappa shape index (κ1) is 20.6. The number of pyridine rings is 2. The number of alkyl halides is 3. The lowest BCUT2D eigenvalue weighted by atomic mass is 10.0. The van der Waals surface area contributed by atoms with E-state index in [9.17, 15) is 27.9 Å². The predicted molar refractivity (Wildman–Crippen MR) is 102 cm³/mol. The lowest BCUT2D eigenvalue weighted by Gasteiger charge is -2.24. The van der Waals surface area contributed by atoms with Gasteiger partial charge in [0.1, 0.15) is 5.56 Å². The van der Waals surface area contributed by atoms with Gasteiger partial charge in [0.15, 0.2) is 5.82 Å². The van der Waals surface area contributed by atoms with Crippen molar-refractivity contribution in [1.82, 2.24) is 9.72 Å². The SMILES string of the molecule is Cc1c(N2CC[C@H](NCC(F)(F)F)C2)c(F)cn2c(=O)c(C(=O)O)cc(C3CC3)c12. The minimum Gasteiger partial charge on any atom is -0.477 e. The van der Waals surface area contributed by atoms with Gasteiger partial charge in [-0.3, -0.25) is 9.20 Å². The van der Waals surface area contributed by atoms with Crippen molar-refractivity contribution in [2.24, 2.45) is 0 Å². The van der Waals surface area contributed by atoms with Gasteiger partial charge in [0.25, 0.3) is 5.56 Å². The van der Waals surface area contributed by atoms with Crippen LogP contribution in [0.3, 0.4) is 0 Å². The number of carboxylic acid groups (broad SMARTS) is 1. The number of carbonyl (C=O) groups is 1. The normalized spacial score (nSPS) is 19.6. The Bertz CT molecular complexity index is 1080. The first-order valence-electron chi connectivity index (χ1n) is 9.73. The third-order valence-electron chi connectivity index (χ3n) is 5.79. The van der Waals surface area contributed by atoms with E-state index in [-0.39, 0.29) is 18.2 Å². The van der Waals surface area contributed by atoms with E-state index in [2.05, 4.69) is 5.32 Å². The Morgan fingerprint density at radius 2 is 2.00 bits per heavy atom. The largest absolute Gasteiger partial charge is 0.477 e. The maximum atomic E-state index is 15.0. The number of aromatic carboxylic acids is 1. The van der Waals surface area contributed by atoms with Gasteiger partial charge in [0.2, 0.25) is 0 Å². The molecule has 2 aromatic heterocycles. The summed E-state index contributed by atoms with van der Waals surface area (Å²) in [5.74, 6) is -1.96. The van der Waals surface area contributed by atoms with E-state index in [0.717, 1.165) is 23.4 Å². The van der Waals surface area contributed by atoms with Crippen molar-refractivity contribution in [3.8, 4) is 0 Å². The molecule has 1 aliphatic heterocycles. The molecular weight excluding hydrogens is 406 g/mol. The van der Waals surface area contributed by atoms with Crippen molar-refractivity contribution >= 4 is 17.2 Å². The molecule has 0 bridgehead atoms. The van der Waals surface area contributed by atoms with E-state index < -0.39 is 41.7 Å². The van der Waals surface area contributed by atoms with Gasteiger partial charge in [-0.2, -0.15) is 13.2 Å². The predicted octanol–water partition coefficient (Wildman–Crippen LogP) is 3.05.